The quantitative estimate of drug-likeness (QED) is 0.793. The fraction of sp³-hybridized carbons (Fsp3) is 0.350. The first-order valence-corrected chi connectivity index (χ1v) is 8.13. The van der Waals surface area contributed by atoms with Gasteiger partial charge >= 0.3 is 0 Å². The molecule has 1 amide bonds. The van der Waals surface area contributed by atoms with E-state index in [0.717, 1.165) is 17.7 Å². The maximum atomic E-state index is 11.9. The third-order valence-corrected chi connectivity index (χ3v) is 3.97. The minimum atomic E-state index is 0.0259. The van der Waals surface area contributed by atoms with E-state index in [4.69, 9.17) is 4.74 Å². The highest BCUT2D eigenvalue weighted by Gasteiger charge is 2.03. The first kappa shape index (κ1) is 17.1. The van der Waals surface area contributed by atoms with Crippen molar-refractivity contribution in [1.29, 1.82) is 0 Å². The molecule has 0 heterocycles. The van der Waals surface area contributed by atoms with Crippen LogP contribution in [0.1, 0.15) is 29.2 Å². The summed E-state index contributed by atoms with van der Waals surface area (Å²) in [6, 6.07) is 14.2. The van der Waals surface area contributed by atoms with Crippen LogP contribution in [0.15, 0.2) is 42.5 Å². The van der Waals surface area contributed by atoms with Crippen LogP contribution in [0, 0.1) is 13.8 Å². The second kappa shape index (κ2) is 8.37. The monoisotopic (exact) mass is 311 g/mol. The maximum Gasteiger partial charge on any atom is 0.224 e. The normalized spacial score (nSPS) is 10.4. The van der Waals surface area contributed by atoms with Crippen LogP contribution in [0.25, 0.3) is 0 Å². The highest BCUT2D eigenvalue weighted by atomic mass is 16.5. The van der Waals surface area contributed by atoms with E-state index in [1.54, 1.807) is 0 Å². The molecule has 3 nitrogen and oxygen atoms in total. The van der Waals surface area contributed by atoms with E-state index in [2.05, 4.69) is 38.2 Å². The lowest BCUT2D eigenvalue weighted by Crippen LogP contribution is -2.29. The van der Waals surface area contributed by atoms with Crippen molar-refractivity contribution >= 4 is 5.91 Å². The highest BCUT2D eigenvalue weighted by Crippen LogP contribution is 2.16. The SMILES string of the molecule is CCc1ccc(CC(=O)NCCOc2ccc(C)c(C)c2)cc1. The Balaban J connectivity index is 1.70. The summed E-state index contributed by atoms with van der Waals surface area (Å²) >= 11 is 0. The Labute approximate surface area is 138 Å². The van der Waals surface area contributed by atoms with E-state index in [1.807, 2.05) is 30.3 Å². The van der Waals surface area contributed by atoms with Crippen molar-refractivity contribution in [3.63, 3.8) is 0 Å². The third-order valence-electron chi connectivity index (χ3n) is 3.97. The average molecular weight is 311 g/mol. The van der Waals surface area contributed by atoms with Crippen molar-refractivity contribution in [2.24, 2.45) is 0 Å². The van der Waals surface area contributed by atoms with Crippen LogP contribution in [0.5, 0.6) is 5.75 Å². The molecule has 0 aliphatic rings. The number of carbonyl (C=O) groups excluding carboxylic acids is 1. The Morgan fingerprint density at radius 1 is 1.00 bits per heavy atom. The lowest BCUT2D eigenvalue weighted by molar-refractivity contribution is -0.120. The number of benzene rings is 2. The molecule has 0 aliphatic heterocycles. The smallest absolute Gasteiger partial charge is 0.224 e. The zero-order chi connectivity index (χ0) is 16.7. The number of amides is 1. The van der Waals surface area contributed by atoms with Gasteiger partial charge < -0.3 is 10.1 Å². The molecule has 0 aromatic heterocycles. The largest absolute Gasteiger partial charge is 0.492 e. The van der Waals surface area contributed by atoms with Gasteiger partial charge in [0.05, 0.1) is 13.0 Å². The minimum Gasteiger partial charge on any atom is -0.492 e. The first-order valence-electron chi connectivity index (χ1n) is 8.13. The van der Waals surface area contributed by atoms with Crippen LogP contribution in [-0.2, 0) is 17.6 Å². The van der Waals surface area contributed by atoms with Crippen LogP contribution in [0.2, 0.25) is 0 Å². The number of nitrogens with one attached hydrogen (secondary N) is 1. The molecule has 1 N–H and O–H groups in total. The Morgan fingerprint density at radius 3 is 2.35 bits per heavy atom. The maximum absolute atomic E-state index is 11.9. The van der Waals surface area contributed by atoms with Gasteiger partial charge in [-0.25, -0.2) is 0 Å². The van der Waals surface area contributed by atoms with E-state index < -0.39 is 0 Å². The lowest BCUT2D eigenvalue weighted by atomic mass is 10.1. The van der Waals surface area contributed by atoms with Gasteiger partial charge in [0.25, 0.3) is 0 Å². The Hall–Kier alpha value is -2.29. The van der Waals surface area contributed by atoms with Crippen LogP contribution in [-0.4, -0.2) is 19.1 Å². The summed E-state index contributed by atoms with van der Waals surface area (Å²) in [4.78, 5) is 11.9. The van der Waals surface area contributed by atoms with Crippen molar-refractivity contribution in [2.45, 2.75) is 33.6 Å². The van der Waals surface area contributed by atoms with Crippen molar-refractivity contribution < 1.29 is 9.53 Å². The predicted molar refractivity (Wildman–Crippen MR) is 93.9 cm³/mol. The summed E-state index contributed by atoms with van der Waals surface area (Å²) in [5.74, 6) is 0.871. The molecule has 0 saturated heterocycles. The van der Waals surface area contributed by atoms with E-state index in [0.29, 0.717) is 19.6 Å². The number of aryl methyl sites for hydroxylation is 3. The summed E-state index contributed by atoms with van der Waals surface area (Å²) in [6.07, 6.45) is 1.43. The van der Waals surface area contributed by atoms with Gasteiger partial charge in [-0.05, 0) is 54.7 Å². The molecular weight excluding hydrogens is 286 g/mol. The molecule has 2 rings (SSSR count). The van der Waals surface area contributed by atoms with Gasteiger partial charge in [0, 0.05) is 0 Å². The first-order chi connectivity index (χ1) is 11.1. The molecule has 122 valence electrons. The third kappa shape index (κ3) is 5.44. The molecule has 2 aromatic carbocycles. The molecule has 0 saturated carbocycles. The molecule has 0 bridgehead atoms. The van der Waals surface area contributed by atoms with E-state index in [9.17, 15) is 4.79 Å². The standard InChI is InChI=1S/C20H25NO2/c1-4-17-6-8-18(9-7-17)14-20(22)21-11-12-23-19-10-5-15(2)16(3)13-19/h5-10,13H,4,11-12,14H2,1-3H3,(H,21,22). The molecule has 0 aliphatic carbocycles. The fourth-order valence-electron chi connectivity index (χ4n) is 2.30. The van der Waals surface area contributed by atoms with Crippen LogP contribution < -0.4 is 10.1 Å². The van der Waals surface area contributed by atoms with Gasteiger partial charge in [-0.3, -0.25) is 4.79 Å². The summed E-state index contributed by atoms with van der Waals surface area (Å²) in [5, 5.41) is 2.89. The van der Waals surface area contributed by atoms with Crippen LogP contribution in [0.3, 0.4) is 0 Å². The molecule has 0 unspecified atom stereocenters. The van der Waals surface area contributed by atoms with Gasteiger partial charge in [0.2, 0.25) is 5.91 Å². The molecule has 0 spiro atoms. The van der Waals surface area contributed by atoms with E-state index >= 15 is 0 Å². The summed E-state index contributed by atoms with van der Waals surface area (Å²) in [7, 11) is 0. The van der Waals surface area contributed by atoms with Gasteiger partial charge in [0.1, 0.15) is 12.4 Å². The van der Waals surface area contributed by atoms with Crippen molar-refractivity contribution in [1.82, 2.24) is 5.32 Å². The topological polar surface area (TPSA) is 38.3 Å². The summed E-state index contributed by atoms with van der Waals surface area (Å²) in [6.45, 7) is 7.25. The predicted octanol–water partition coefficient (Wildman–Crippen LogP) is 3.60. The van der Waals surface area contributed by atoms with Gasteiger partial charge in [-0.15, -0.1) is 0 Å². The van der Waals surface area contributed by atoms with Crippen molar-refractivity contribution in [3.8, 4) is 5.75 Å². The fourth-order valence-corrected chi connectivity index (χ4v) is 2.30. The molecular formula is C20H25NO2. The molecule has 0 radical (unpaired) electrons. The van der Waals surface area contributed by atoms with Crippen molar-refractivity contribution in [2.75, 3.05) is 13.2 Å². The van der Waals surface area contributed by atoms with Crippen LogP contribution >= 0.6 is 0 Å². The second-order valence-corrected chi connectivity index (χ2v) is 5.79. The number of rotatable bonds is 7. The van der Waals surface area contributed by atoms with E-state index in [1.165, 1.54) is 16.7 Å². The summed E-state index contributed by atoms with van der Waals surface area (Å²) < 4.78 is 5.66. The average Bonchev–Trinajstić information content (AvgIpc) is 2.55. The molecule has 0 fully saturated rings. The minimum absolute atomic E-state index is 0.0259. The lowest BCUT2D eigenvalue weighted by Gasteiger charge is -2.09. The summed E-state index contributed by atoms with van der Waals surface area (Å²) in [5.41, 5.74) is 4.78. The number of hydrogen-bond acceptors (Lipinski definition) is 2. The molecule has 2 aromatic rings. The molecule has 23 heavy (non-hydrogen) atoms. The zero-order valence-corrected chi connectivity index (χ0v) is 14.2. The van der Waals surface area contributed by atoms with Crippen LogP contribution in [0.4, 0.5) is 0 Å². The van der Waals surface area contributed by atoms with Gasteiger partial charge in [0.15, 0.2) is 0 Å². The molecule has 0 atom stereocenters. The number of hydrogen-bond donors (Lipinski definition) is 1. The van der Waals surface area contributed by atoms with Gasteiger partial charge in [-0.2, -0.15) is 0 Å². The van der Waals surface area contributed by atoms with Gasteiger partial charge in [-0.1, -0.05) is 37.3 Å². The molecule has 3 heteroatoms. The number of carbonyl (C=O) groups is 1. The highest BCUT2D eigenvalue weighted by molar-refractivity contribution is 5.78. The van der Waals surface area contributed by atoms with E-state index in [-0.39, 0.29) is 5.91 Å². The Kier molecular flexibility index (Phi) is 6.21. The Bertz CT molecular complexity index is 647. The van der Waals surface area contributed by atoms with Crippen molar-refractivity contribution in [3.05, 3.63) is 64.7 Å². The zero-order valence-electron chi connectivity index (χ0n) is 14.2. The second-order valence-electron chi connectivity index (χ2n) is 5.79. The number of ether oxygens (including phenoxy) is 1. The Morgan fingerprint density at radius 2 is 1.70 bits per heavy atom.